The van der Waals surface area contributed by atoms with Gasteiger partial charge in [0.2, 0.25) is 0 Å². The van der Waals surface area contributed by atoms with Crippen LogP contribution in [0, 0.1) is 5.82 Å². The van der Waals surface area contributed by atoms with Crippen LogP contribution in [-0.2, 0) is 10.8 Å². The first-order valence-electron chi connectivity index (χ1n) is 25.4. The third-order valence-corrected chi connectivity index (χ3v) is 14.4. The third-order valence-electron chi connectivity index (χ3n) is 14.4. The smallest absolute Gasteiger partial charge is 0.138 e. The summed E-state index contributed by atoms with van der Waals surface area (Å²) in [5, 5.41) is 2.10. The van der Waals surface area contributed by atoms with Gasteiger partial charge in [-0.25, -0.2) is 9.37 Å². The molecule has 0 N–H and O–H groups in total. The summed E-state index contributed by atoms with van der Waals surface area (Å²) >= 11 is 0. The Morgan fingerprint density at radius 3 is 1.77 bits per heavy atom. The number of hydrogen-bond acceptors (Lipinski definition) is 4. The van der Waals surface area contributed by atoms with E-state index in [1.807, 2.05) is 18.3 Å². The minimum atomic E-state index is -0.258. The predicted octanol–water partition coefficient (Wildman–Crippen LogP) is 18.7. The molecule has 3 heterocycles. The van der Waals surface area contributed by atoms with Crippen molar-refractivity contribution in [3.63, 3.8) is 0 Å². The molecule has 6 heteroatoms. The van der Waals surface area contributed by atoms with Crippen molar-refractivity contribution in [3.05, 3.63) is 191 Å². The zero-order chi connectivity index (χ0) is 50.1. The summed E-state index contributed by atoms with van der Waals surface area (Å²) < 4.78 is 23.7. The predicted molar refractivity (Wildman–Crippen MR) is 298 cm³/mol. The van der Waals surface area contributed by atoms with Gasteiger partial charge in [0, 0.05) is 40.5 Å². The molecule has 360 valence electrons. The highest BCUT2D eigenvalue weighted by molar-refractivity contribution is 6.11. The molecule has 0 bridgehead atoms. The number of hydrogen-bond donors (Lipinski definition) is 0. The lowest BCUT2D eigenvalue weighted by molar-refractivity contribution is 0.483. The van der Waals surface area contributed by atoms with Gasteiger partial charge < -0.3 is 14.5 Å². The second kappa shape index (κ2) is 18.2. The van der Waals surface area contributed by atoms with Crippen LogP contribution < -0.4 is 14.5 Å². The van der Waals surface area contributed by atoms with Gasteiger partial charge in [0.05, 0.1) is 22.4 Å². The molecule has 71 heavy (non-hydrogen) atoms. The summed E-state index contributed by atoms with van der Waals surface area (Å²) in [4.78, 5) is 9.93. The second-order valence-corrected chi connectivity index (χ2v) is 22.6. The van der Waals surface area contributed by atoms with E-state index in [0.29, 0.717) is 30.2 Å². The Morgan fingerprint density at radius 1 is 0.507 bits per heavy atom. The van der Waals surface area contributed by atoms with Crippen LogP contribution >= 0.6 is 0 Å². The average Bonchev–Trinajstić information content (AvgIpc) is 3.89. The van der Waals surface area contributed by atoms with Crippen molar-refractivity contribution in [1.29, 1.82) is 0 Å². The van der Waals surface area contributed by atoms with Crippen LogP contribution in [-0.4, -0.2) is 16.2 Å². The van der Waals surface area contributed by atoms with Crippen LogP contribution in [0.4, 0.5) is 27.1 Å². The third kappa shape index (κ3) is 9.10. The second-order valence-electron chi connectivity index (χ2n) is 22.6. The van der Waals surface area contributed by atoms with Gasteiger partial charge in [-0.2, -0.15) is 0 Å². The molecule has 0 radical (unpaired) electrons. The van der Waals surface area contributed by atoms with E-state index in [-0.39, 0.29) is 16.6 Å². The minimum absolute atomic E-state index is 0.000530. The van der Waals surface area contributed by atoms with Crippen molar-refractivity contribution >= 4 is 44.6 Å². The first kappa shape index (κ1) is 47.5. The Morgan fingerprint density at radius 2 is 1.14 bits per heavy atom. The van der Waals surface area contributed by atoms with Crippen molar-refractivity contribution in [2.24, 2.45) is 0 Å². The highest BCUT2D eigenvalue weighted by Gasteiger charge is 2.31. The topological polar surface area (TPSA) is 33.5 Å². The summed E-state index contributed by atoms with van der Waals surface area (Å²) in [6.45, 7) is 28.2. The van der Waals surface area contributed by atoms with Crippen LogP contribution in [0.5, 0.6) is 11.5 Å². The first-order valence-corrected chi connectivity index (χ1v) is 25.4. The van der Waals surface area contributed by atoms with Gasteiger partial charge in [-0.1, -0.05) is 138 Å². The molecule has 2 aromatic heterocycles. The highest BCUT2D eigenvalue weighted by atomic mass is 19.1. The average molecular weight is 939 g/mol. The van der Waals surface area contributed by atoms with Crippen LogP contribution in [0.15, 0.2) is 158 Å². The molecular weight excluding hydrogens is 872 g/mol. The van der Waals surface area contributed by atoms with Gasteiger partial charge in [-0.3, -0.25) is 4.57 Å². The Balaban J connectivity index is 1.06. The number of fused-ring (bicyclic) bond motifs is 4. The maximum Gasteiger partial charge on any atom is 0.138 e. The number of ether oxygens (including phenoxy) is 1. The molecule has 0 atom stereocenters. The van der Waals surface area contributed by atoms with Gasteiger partial charge in [0.25, 0.3) is 0 Å². The highest BCUT2D eigenvalue weighted by Crippen LogP contribution is 2.47. The molecule has 0 aliphatic carbocycles. The Labute approximate surface area is 420 Å². The van der Waals surface area contributed by atoms with E-state index in [4.69, 9.17) is 9.72 Å². The molecule has 10 rings (SSSR count). The maximum absolute atomic E-state index is 14.6. The van der Waals surface area contributed by atoms with Crippen LogP contribution in [0.1, 0.15) is 129 Å². The first-order chi connectivity index (χ1) is 33.8. The van der Waals surface area contributed by atoms with Gasteiger partial charge in [0.1, 0.15) is 29.8 Å². The van der Waals surface area contributed by atoms with Crippen molar-refractivity contribution < 1.29 is 9.13 Å². The number of pyridine rings is 1. The molecule has 0 amide bonds. The molecule has 0 spiro atoms. The minimum Gasteiger partial charge on any atom is -0.457 e. The van der Waals surface area contributed by atoms with Crippen molar-refractivity contribution in [2.45, 2.75) is 112 Å². The molecule has 1 aliphatic heterocycles. The molecule has 0 saturated carbocycles. The molecule has 0 unspecified atom stereocenters. The Bertz CT molecular complexity index is 3410. The van der Waals surface area contributed by atoms with E-state index < -0.39 is 0 Å². The van der Waals surface area contributed by atoms with E-state index in [1.54, 1.807) is 12.1 Å². The molecule has 9 aromatic rings. The van der Waals surface area contributed by atoms with Crippen LogP contribution in [0.25, 0.3) is 49.9 Å². The summed E-state index contributed by atoms with van der Waals surface area (Å²) in [7, 11) is 0. The van der Waals surface area contributed by atoms with E-state index in [9.17, 15) is 4.39 Å². The molecule has 0 fully saturated rings. The molecule has 1 aliphatic rings. The molecule has 5 nitrogen and oxygen atoms in total. The Hall–Kier alpha value is -7.18. The Kier molecular flexibility index (Phi) is 12.2. The van der Waals surface area contributed by atoms with E-state index >= 15 is 0 Å². The fourth-order valence-corrected chi connectivity index (χ4v) is 10.3. The van der Waals surface area contributed by atoms with Gasteiger partial charge in [0.15, 0.2) is 0 Å². The quantitative estimate of drug-likeness (QED) is 0.137. The summed E-state index contributed by atoms with van der Waals surface area (Å²) in [6, 6.07) is 53.0. The van der Waals surface area contributed by atoms with E-state index in [1.165, 1.54) is 50.8 Å². The summed E-state index contributed by atoms with van der Waals surface area (Å²) in [5.74, 6) is 3.10. The van der Waals surface area contributed by atoms with E-state index in [2.05, 4.69) is 219 Å². The van der Waals surface area contributed by atoms with Crippen molar-refractivity contribution in [3.8, 4) is 39.6 Å². The normalized spacial score (nSPS) is 13.1. The maximum atomic E-state index is 14.6. The van der Waals surface area contributed by atoms with Gasteiger partial charge in [-0.15, -0.1) is 0 Å². The fourth-order valence-electron chi connectivity index (χ4n) is 10.3. The van der Waals surface area contributed by atoms with Crippen LogP contribution in [0.3, 0.4) is 0 Å². The summed E-state index contributed by atoms with van der Waals surface area (Å²) in [5.41, 5.74) is 17.5. The van der Waals surface area contributed by atoms with Crippen molar-refractivity contribution in [1.82, 2.24) is 9.55 Å². The number of para-hydroxylation sites is 2. The van der Waals surface area contributed by atoms with Crippen molar-refractivity contribution in [2.75, 3.05) is 16.5 Å². The van der Waals surface area contributed by atoms with E-state index in [0.717, 1.165) is 61.4 Å². The summed E-state index contributed by atoms with van der Waals surface area (Å²) in [6.07, 6.45) is 1.95. The monoisotopic (exact) mass is 939 g/mol. The molecule has 0 saturated heterocycles. The SMILES string of the molecule is CC(C)c1cc(C(C)C)c(-c2ccnc(-n3c4ccc(-c5cccc(F)c5)cc4c4ccc(Oc5cccc(N6CN(c7cc(C(C)(C)C)cc(C(C)(C)C)c7)c7ccccc76)c5)cc43)c2)c(C(C)C)c1. The number of halogens is 1. The fraction of sp³-hybridized carbons (Fsp3) is 0.277. The zero-order valence-corrected chi connectivity index (χ0v) is 43.5. The van der Waals surface area contributed by atoms with Gasteiger partial charge in [-0.05, 0) is 164 Å². The molecule has 7 aromatic carbocycles. The number of nitrogens with zero attached hydrogens (tertiary/aromatic N) is 4. The lowest BCUT2D eigenvalue weighted by Crippen LogP contribution is -2.25. The lowest BCUT2D eigenvalue weighted by Gasteiger charge is -2.29. The largest absolute Gasteiger partial charge is 0.457 e. The molecular formula is C65H67FN4O. The zero-order valence-electron chi connectivity index (χ0n) is 43.5. The number of aromatic nitrogens is 2. The number of rotatable bonds is 10. The standard InChI is InChI=1S/C65H67FN4O/c1-40(2)46-31-55(41(3)4)63(56(32-46)42(5)6)45-27-28-67-62(33-45)70-58-26-23-44(43-17-15-18-49(66)29-43)30-57(58)54-25-24-53(38-61(54)70)71-52-20-16-19-50(37-52)68-39-69(60-22-14-13-21-59(60)68)51-35-47(64(7,8)9)34-48(36-51)65(10,11)12/h13-38,40-42H,39H2,1-12H3. The number of anilines is 4. The van der Waals surface area contributed by atoms with Crippen LogP contribution in [0.2, 0.25) is 0 Å². The number of benzene rings is 7. The van der Waals surface area contributed by atoms with Gasteiger partial charge >= 0.3 is 0 Å². The lowest BCUT2D eigenvalue weighted by atomic mass is 9.80.